The summed E-state index contributed by atoms with van der Waals surface area (Å²) in [5, 5.41) is 10.7. The monoisotopic (exact) mass is 458 g/mol. The van der Waals surface area contributed by atoms with Crippen LogP contribution in [0.5, 0.6) is 5.75 Å². The van der Waals surface area contributed by atoms with Gasteiger partial charge in [-0.05, 0) is 30.7 Å². The number of aromatic nitrogens is 1. The molecule has 1 spiro atoms. The zero-order valence-corrected chi connectivity index (χ0v) is 18.7. The molecular weight excluding hydrogens is 440 g/mol. The van der Waals surface area contributed by atoms with Gasteiger partial charge in [0.2, 0.25) is 11.8 Å². The number of nitriles is 1. The van der Waals surface area contributed by atoms with E-state index >= 15 is 0 Å². The van der Waals surface area contributed by atoms with Gasteiger partial charge in [0, 0.05) is 35.1 Å². The maximum Gasteiger partial charge on any atom is 0.259 e. The van der Waals surface area contributed by atoms with Crippen molar-refractivity contribution in [2.24, 2.45) is 12.8 Å². The summed E-state index contributed by atoms with van der Waals surface area (Å²) in [6.45, 7) is 1.99. The first-order chi connectivity index (χ1) is 15.8. The van der Waals surface area contributed by atoms with Crippen LogP contribution in [-0.2, 0) is 23.8 Å². The van der Waals surface area contributed by atoms with Gasteiger partial charge < -0.3 is 19.9 Å². The summed E-state index contributed by atoms with van der Waals surface area (Å²) in [7, 11) is 1.62. The van der Waals surface area contributed by atoms with Crippen molar-refractivity contribution in [3.8, 4) is 11.8 Å². The van der Waals surface area contributed by atoms with Gasteiger partial charge in [-0.25, -0.2) is 0 Å². The molecule has 164 valence electrons. The number of rotatable bonds is 2. The predicted molar refractivity (Wildman–Crippen MR) is 124 cm³/mol. The average molecular weight is 459 g/mol. The number of hydrogen-bond acceptors (Lipinski definition) is 5. The van der Waals surface area contributed by atoms with Crippen LogP contribution in [0.2, 0.25) is 5.02 Å². The third-order valence-electron chi connectivity index (χ3n) is 6.38. The molecule has 0 aliphatic carbocycles. The number of fused-ring (bicyclic) bond motifs is 4. The molecule has 5 rings (SSSR count). The van der Waals surface area contributed by atoms with E-state index in [1.54, 1.807) is 55.3 Å². The van der Waals surface area contributed by atoms with Gasteiger partial charge in [-0.2, -0.15) is 5.26 Å². The Morgan fingerprint density at radius 2 is 1.85 bits per heavy atom. The van der Waals surface area contributed by atoms with E-state index in [2.05, 4.69) is 6.07 Å². The third kappa shape index (κ3) is 2.74. The van der Waals surface area contributed by atoms with E-state index in [-0.39, 0.29) is 29.3 Å². The number of carbonyl (C=O) groups is 1. The van der Waals surface area contributed by atoms with Crippen LogP contribution in [0.4, 0.5) is 5.69 Å². The summed E-state index contributed by atoms with van der Waals surface area (Å²) in [4.78, 5) is 29.4. The molecule has 0 unspecified atom stereocenters. The second-order valence-corrected chi connectivity index (χ2v) is 8.56. The summed E-state index contributed by atoms with van der Waals surface area (Å²) >= 11 is 6.02. The quantitative estimate of drug-likeness (QED) is 0.635. The van der Waals surface area contributed by atoms with E-state index in [0.29, 0.717) is 22.0 Å². The summed E-state index contributed by atoms with van der Waals surface area (Å²) in [6.07, 6.45) is 0. The number of nitrogens with two attached hydrogens (primary N) is 1. The van der Waals surface area contributed by atoms with Crippen LogP contribution >= 0.6 is 11.6 Å². The zero-order chi connectivity index (χ0) is 23.5. The first-order valence-corrected chi connectivity index (χ1v) is 10.6. The molecule has 8 heteroatoms. The number of pyridine rings is 1. The molecule has 0 saturated carbocycles. The minimum absolute atomic E-state index is 0.0907. The molecule has 7 nitrogen and oxygen atoms in total. The predicted octanol–water partition coefficient (Wildman–Crippen LogP) is 3.27. The molecule has 3 aromatic rings. The number of carbonyl (C=O) groups excluding carboxylic acids is 1. The molecule has 1 aromatic heterocycles. The first kappa shape index (κ1) is 20.9. The van der Waals surface area contributed by atoms with Crippen LogP contribution < -0.4 is 20.9 Å². The van der Waals surface area contributed by atoms with E-state index in [4.69, 9.17) is 22.1 Å². The van der Waals surface area contributed by atoms with Gasteiger partial charge >= 0.3 is 0 Å². The summed E-state index contributed by atoms with van der Waals surface area (Å²) in [5.74, 6) is -0.429. The number of nitrogens with zero attached hydrogens (tertiary/aromatic N) is 3. The van der Waals surface area contributed by atoms with Crippen LogP contribution in [0.15, 0.2) is 70.8 Å². The molecule has 2 aliphatic rings. The molecule has 2 N–H and O–H groups in total. The van der Waals surface area contributed by atoms with Gasteiger partial charge in [0.15, 0.2) is 5.41 Å². The van der Waals surface area contributed by atoms with Gasteiger partial charge in [0.1, 0.15) is 17.4 Å². The normalized spacial score (nSPS) is 18.7. The Hall–Kier alpha value is -4.02. The number of ether oxygens (including phenoxy) is 1. The van der Waals surface area contributed by atoms with E-state index in [9.17, 15) is 14.9 Å². The maximum absolute atomic E-state index is 14.3. The van der Waals surface area contributed by atoms with Crippen molar-refractivity contribution in [2.45, 2.75) is 18.9 Å². The Morgan fingerprint density at radius 1 is 1.15 bits per heavy atom. The number of amides is 1. The summed E-state index contributed by atoms with van der Waals surface area (Å²) in [5.41, 5.74) is 6.68. The van der Waals surface area contributed by atoms with E-state index < -0.39 is 16.9 Å². The summed E-state index contributed by atoms with van der Waals surface area (Å²) in [6, 6.07) is 18.0. The highest BCUT2D eigenvalue weighted by Crippen LogP contribution is 2.54. The number of anilines is 1. The fourth-order valence-electron chi connectivity index (χ4n) is 4.70. The molecule has 0 fully saturated rings. The van der Waals surface area contributed by atoms with Crippen molar-refractivity contribution in [3.05, 3.63) is 104 Å². The SMILES string of the molecule is Cc1cc2c(c(=O)n1C)[C@@]1(C(=O)N(Cc3ccc(Cl)cc3)c3ccccc31)C(C#N)=C(N)O2. The Balaban J connectivity index is 1.83. The lowest BCUT2D eigenvalue weighted by Crippen LogP contribution is -2.49. The molecule has 1 atom stereocenters. The highest BCUT2D eigenvalue weighted by atomic mass is 35.5. The van der Waals surface area contributed by atoms with E-state index in [1.807, 2.05) is 18.2 Å². The second kappa shape index (κ2) is 7.26. The molecule has 0 radical (unpaired) electrons. The molecule has 0 saturated heterocycles. The van der Waals surface area contributed by atoms with Gasteiger partial charge in [-0.15, -0.1) is 0 Å². The number of halogens is 1. The second-order valence-electron chi connectivity index (χ2n) is 8.13. The smallest absolute Gasteiger partial charge is 0.259 e. The van der Waals surface area contributed by atoms with Gasteiger partial charge in [0.05, 0.1) is 12.1 Å². The standard InChI is InChI=1S/C25H19ClN4O3/c1-14-11-20-21(23(31)29(14)2)25(18(12-27)22(28)33-20)17-5-3-4-6-19(17)30(24(25)32)13-15-7-9-16(26)10-8-15/h3-11H,13,28H2,1-2H3/t25-/m0/s1. The van der Waals surface area contributed by atoms with Crippen LogP contribution in [0.3, 0.4) is 0 Å². The van der Waals surface area contributed by atoms with Crippen molar-refractivity contribution in [2.75, 3.05) is 4.90 Å². The number of para-hydroxylation sites is 1. The zero-order valence-electron chi connectivity index (χ0n) is 17.9. The number of hydrogen-bond donors (Lipinski definition) is 1. The van der Waals surface area contributed by atoms with Crippen molar-refractivity contribution in [3.63, 3.8) is 0 Å². The Bertz CT molecular complexity index is 1470. The number of benzene rings is 2. The molecule has 2 aliphatic heterocycles. The van der Waals surface area contributed by atoms with Crippen LogP contribution in [-0.4, -0.2) is 10.5 Å². The Labute approximate surface area is 194 Å². The fourth-order valence-corrected chi connectivity index (χ4v) is 4.83. The van der Waals surface area contributed by atoms with Crippen LogP contribution in [0.1, 0.15) is 22.4 Å². The fraction of sp³-hybridized carbons (Fsp3) is 0.160. The largest absolute Gasteiger partial charge is 0.440 e. The molecule has 1 amide bonds. The average Bonchev–Trinajstić information content (AvgIpc) is 3.03. The molecular formula is C25H19ClN4O3. The molecule has 33 heavy (non-hydrogen) atoms. The van der Waals surface area contributed by atoms with Crippen molar-refractivity contribution < 1.29 is 9.53 Å². The highest BCUT2D eigenvalue weighted by Gasteiger charge is 2.60. The van der Waals surface area contributed by atoms with E-state index in [1.165, 1.54) is 4.57 Å². The van der Waals surface area contributed by atoms with Crippen molar-refractivity contribution >= 4 is 23.2 Å². The molecule has 2 aromatic carbocycles. The van der Waals surface area contributed by atoms with Crippen molar-refractivity contribution in [1.82, 2.24) is 4.57 Å². The van der Waals surface area contributed by atoms with Gasteiger partial charge in [-0.1, -0.05) is 41.9 Å². The van der Waals surface area contributed by atoms with Crippen molar-refractivity contribution in [1.29, 1.82) is 5.26 Å². The topological polar surface area (TPSA) is 101 Å². The first-order valence-electron chi connectivity index (χ1n) is 10.3. The number of aryl methyl sites for hydroxylation is 1. The van der Waals surface area contributed by atoms with E-state index in [0.717, 1.165) is 5.56 Å². The highest BCUT2D eigenvalue weighted by molar-refractivity contribution is 6.30. The molecule has 3 heterocycles. The minimum Gasteiger partial charge on any atom is -0.440 e. The molecule has 0 bridgehead atoms. The summed E-state index contributed by atoms with van der Waals surface area (Å²) < 4.78 is 7.15. The minimum atomic E-state index is -1.70. The lowest BCUT2D eigenvalue weighted by Gasteiger charge is -2.34. The third-order valence-corrected chi connectivity index (χ3v) is 6.63. The van der Waals surface area contributed by atoms with Crippen LogP contribution in [0, 0.1) is 18.3 Å². The lowest BCUT2D eigenvalue weighted by atomic mass is 9.69. The van der Waals surface area contributed by atoms with Gasteiger partial charge in [-0.3, -0.25) is 9.59 Å². The maximum atomic E-state index is 14.3. The lowest BCUT2D eigenvalue weighted by molar-refractivity contribution is -0.121. The van der Waals surface area contributed by atoms with Crippen LogP contribution in [0.25, 0.3) is 0 Å². The Kier molecular flexibility index (Phi) is 4.59. The Morgan fingerprint density at radius 3 is 2.55 bits per heavy atom. The van der Waals surface area contributed by atoms with Gasteiger partial charge in [0.25, 0.3) is 5.56 Å².